The molecule has 8 heteroatoms. The molecule has 1 N–H and O–H groups in total. The summed E-state index contributed by atoms with van der Waals surface area (Å²) >= 11 is 9.57. The Morgan fingerprint density at radius 1 is 1.14 bits per heavy atom. The third-order valence-corrected chi connectivity index (χ3v) is 7.31. The summed E-state index contributed by atoms with van der Waals surface area (Å²) in [5.74, 6) is -0.404. The molecule has 0 aromatic heterocycles. The normalized spacial score (nSPS) is 13.0. The topological polar surface area (TPSA) is 66.5 Å². The number of nitrogens with zero attached hydrogens (tertiary/aromatic N) is 1. The van der Waals surface area contributed by atoms with Crippen molar-refractivity contribution >= 4 is 43.5 Å². The predicted octanol–water partition coefficient (Wildman–Crippen LogP) is 4.49. The number of hydrogen-bond donors (Lipinski definition) is 1. The largest absolute Gasteiger partial charge is 0.349 e. The summed E-state index contributed by atoms with van der Waals surface area (Å²) in [7, 11) is -2.19. The second-order valence-corrected chi connectivity index (χ2v) is 10.3. The molecule has 0 spiro atoms. The molecule has 0 aliphatic rings. The maximum Gasteiger partial charge on any atom is 0.253 e. The standard InChI is InChI=1S/C20H24BrClN2O3S/c1-13(2)24(4)28(26,27)17-9-10-19(22)18(12-17)20(25)23-14(3)11-15-5-7-16(21)8-6-15/h5-10,12-14H,11H2,1-4H3,(H,23,25). The smallest absolute Gasteiger partial charge is 0.253 e. The van der Waals surface area contributed by atoms with Gasteiger partial charge in [0.1, 0.15) is 0 Å². The van der Waals surface area contributed by atoms with E-state index in [1.165, 1.54) is 29.6 Å². The fourth-order valence-corrected chi connectivity index (χ4v) is 4.47. The van der Waals surface area contributed by atoms with Gasteiger partial charge in [-0.15, -0.1) is 0 Å². The molecule has 0 fully saturated rings. The number of benzene rings is 2. The van der Waals surface area contributed by atoms with E-state index >= 15 is 0 Å². The number of carbonyl (C=O) groups is 1. The van der Waals surface area contributed by atoms with Gasteiger partial charge in [-0.25, -0.2) is 8.42 Å². The summed E-state index contributed by atoms with van der Waals surface area (Å²) in [6, 6.07) is 11.7. The Labute approximate surface area is 180 Å². The van der Waals surface area contributed by atoms with Gasteiger partial charge < -0.3 is 5.32 Å². The van der Waals surface area contributed by atoms with Crippen molar-refractivity contribution in [2.45, 2.75) is 44.2 Å². The van der Waals surface area contributed by atoms with Gasteiger partial charge in [-0.05, 0) is 63.1 Å². The molecular weight excluding hydrogens is 464 g/mol. The molecule has 0 saturated carbocycles. The van der Waals surface area contributed by atoms with Crippen LogP contribution >= 0.6 is 27.5 Å². The lowest BCUT2D eigenvalue weighted by molar-refractivity contribution is 0.0940. The lowest BCUT2D eigenvalue weighted by Gasteiger charge is -2.21. The Balaban J connectivity index is 2.19. The molecule has 2 aromatic rings. The predicted molar refractivity (Wildman–Crippen MR) is 116 cm³/mol. The first kappa shape index (κ1) is 22.9. The lowest BCUT2D eigenvalue weighted by atomic mass is 10.1. The molecule has 1 unspecified atom stereocenters. The molecule has 2 aromatic carbocycles. The van der Waals surface area contributed by atoms with Crippen LogP contribution in [0.1, 0.15) is 36.7 Å². The van der Waals surface area contributed by atoms with E-state index in [1.54, 1.807) is 13.8 Å². The SMILES string of the molecule is CC(Cc1ccc(Br)cc1)NC(=O)c1cc(S(=O)(=O)N(C)C(C)C)ccc1Cl. The van der Waals surface area contributed by atoms with Gasteiger partial charge in [0.15, 0.2) is 0 Å². The highest BCUT2D eigenvalue weighted by Gasteiger charge is 2.25. The Bertz CT molecular complexity index is 946. The Hall–Kier alpha value is -1.41. The fourth-order valence-electron chi connectivity index (χ4n) is 2.61. The highest BCUT2D eigenvalue weighted by Crippen LogP contribution is 2.23. The lowest BCUT2D eigenvalue weighted by Crippen LogP contribution is -2.35. The number of hydrogen-bond acceptors (Lipinski definition) is 3. The summed E-state index contributed by atoms with van der Waals surface area (Å²) < 4.78 is 27.6. The fraction of sp³-hybridized carbons (Fsp3) is 0.350. The molecule has 0 aliphatic carbocycles. The molecular formula is C20H24BrClN2O3S. The number of sulfonamides is 1. The second-order valence-electron chi connectivity index (χ2n) is 6.96. The number of rotatable bonds is 7. The van der Waals surface area contributed by atoms with Crippen LogP contribution in [-0.4, -0.2) is 37.8 Å². The Morgan fingerprint density at radius 3 is 2.32 bits per heavy atom. The van der Waals surface area contributed by atoms with E-state index in [-0.39, 0.29) is 27.6 Å². The van der Waals surface area contributed by atoms with Crippen molar-refractivity contribution in [1.29, 1.82) is 0 Å². The minimum absolute atomic E-state index is 0.0406. The zero-order chi connectivity index (χ0) is 21.1. The van der Waals surface area contributed by atoms with Crippen LogP contribution in [0.25, 0.3) is 0 Å². The maximum absolute atomic E-state index is 12.7. The van der Waals surface area contributed by atoms with Crippen molar-refractivity contribution in [3.63, 3.8) is 0 Å². The van der Waals surface area contributed by atoms with Crippen LogP contribution in [0.3, 0.4) is 0 Å². The molecule has 0 aliphatic heterocycles. The van der Waals surface area contributed by atoms with E-state index in [0.29, 0.717) is 6.42 Å². The number of halogens is 2. The van der Waals surface area contributed by atoms with Gasteiger partial charge in [0.25, 0.3) is 5.91 Å². The van der Waals surface area contributed by atoms with Crippen molar-refractivity contribution < 1.29 is 13.2 Å². The molecule has 0 radical (unpaired) electrons. The number of nitrogens with one attached hydrogen (secondary N) is 1. The van der Waals surface area contributed by atoms with Crippen molar-refractivity contribution in [2.75, 3.05) is 7.05 Å². The van der Waals surface area contributed by atoms with Gasteiger partial charge in [-0.2, -0.15) is 4.31 Å². The van der Waals surface area contributed by atoms with E-state index in [1.807, 2.05) is 31.2 Å². The highest BCUT2D eigenvalue weighted by molar-refractivity contribution is 9.10. The van der Waals surface area contributed by atoms with Crippen LogP contribution in [-0.2, 0) is 16.4 Å². The zero-order valence-electron chi connectivity index (χ0n) is 16.2. The average Bonchev–Trinajstić information content (AvgIpc) is 2.62. The molecule has 0 heterocycles. The van der Waals surface area contributed by atoms with Crippen LogP contribution in [0.2, 0.25) is 5.02 Å². The Kier molecular flexibility index (Phi) is 7.67. The number of amides is 1. The quantitative estimate of drug-likeness (QED) is 0.625. The van der Waals surface area contributed by atoms with Gasteiger partial charge in [0.05, 0.1) is 15.5 Å². The molecule has 152 valence electrons. The van der Waals surface area contributed by atoms with Crippen LogP contribution in [0.4, 0.5) is 0 Å². The first-order valence-electron chi connectivity index (χ1n) is 8.85. The first-order valence-corrected chi connectivity index (χ1v) is 11.5. The van der Waals surface area contributed by atoms with Crippen molar-refractivity contribution in [3.8, 4) is 0 Å². The molecule has 0 saturated heterocycles. The van der Waals surface area contributed by atoms with Crippen LogP contribution in [0.15, 0.2) is 51.8 Å². The first-order chi connectivity index (χ1) is 13.0. The summed E-state index contributed by atoms with van der Waals surface area (Å²) in [6.45, 7) is 5.46. The van der Waals surface area contributed by atoms with E-state index in [4.69, 9.17) is 11.6 Å². The Morgan fingerprint density at radius 2 is 1.75 bits per heavy atom. The van der Waals surface area contributed by atoms with Gasteiger partial charge >= 0.3 is 0 Å². The second kappa shape index (κ2) is 9.39. The van der Waals surface area contributed by atoms with Gasteiger partial charge in [-0.1, -0.05) is 39.7 Å². The average molecular weight is 488 g/mol. The summed E-state index contributed by atoms with van der Waals surface area (Å²) in [4.78, 5) is 12.7. The van der Waals surface area contributed by atoms with Gasteiger partial charge in [-0.3, -0.25) is 4.79 Å². The van der Waals surface area contributed by atoms with Crippen LogP contribution in [0.5, 0.6) is 0 Å². The number of carbonyl (C=O) groups excluding carboxylic acids is 1. The van der Waals surface area contributed by atoms with Crippen LogP contribution in [0, 0.1) is 0 Å². The molecule has 2 rings (SSSR count). The molecule has 28 heavy (non-hydrogen) atoms. The van der Waals surface area contributed by atoms with Crippen molar-refractivity contribution in [1.82, 2.24) is 9.62 Å². The summed E-state index contributed by atoms with van der Waals surface area (Å²) in [5.41, 5.74) is 1.22. The van der Waals surface area contributed by atoms with Crippen molar-refractivity contribution in [3.05, 3.63) is 63.1 Å². The van der Waals surface area contributed by atoms with E-state index in [9.17, 15) is 13.2 Å². The van der Waals surface area contributed by atoms with E-state index in [0.717, 1.165) is 10.0 Å². The minimum atomic E-state index is -3.70. The van der Waals surface area contributed by atoms with Crippen molar-refractivity contribution in [2.24, 2.45) is 0 Å². The molecule has 0 bridgehead atoms. The van der Waals surface area contributed by atoms with E-state index < -0.39 is 15.9 Å². The molecule has 1 amide bonds. The zero-order valence-corrected chi connectivity index (χ0v) is 19.4. The van der Waals surface area contributed by atoms with Crippen LogP contribution < -0.4 is 5.32 Å². The maximum atomic E-state index is 12.7. The third kappa shape index (κ3) is 5.56. The van der Waals surface area contributed by atoms with Gasteiger partial charge in [0, 0.05) is 23.6 Å². The third-order valence-electron chi connectivity index (χ3n) is 4.42. The monoisotopic (exact) mass is 486 g/mol. The van der Waals surface area contributed by atoms with Gasteiger partial charge in [0.2, 0.25) is 10.0 Å². The van der Waals surface area contributed by atoms with E-state index in [2.05, 4.69) is 21.2 Å². The summed E-state index contributed by atoms with van der Waals surface area (Å²) in [5, 5.41) is 3.10. The highest BCUT2D eigenvalue weighted by atomic mass is 79.9. The minimum Gasteiger partial charge on any atom is -0.349 e. The molecule has 5 nitrogen and oxygen atoms in total. The molecule has 1 atom stereocenters. The summed E-state index contributed by atoms with van der Waals surface area (Å²) in [6.07, 6.45) is 0.644.